The first-order valence-electron chi connectivity index (χ1n) is 8.21. The zero-order valence-corrected chi connectivity index (χ0v) is 17.0. The van der Waals surface area contributed by atoms with Crippen LogP contribution in [0.15, 0.2) is 68.8 Å². The highest BCUT2D eigenvalue weighted by Crippen LogP contribution is 2.31. The number of benzene rings is 2. The molecular formula is C20H15BrClN3O2. The summed E-state index contributed by atoms with van der Waals surface area (Å²) in [6.45, 7) is 0. The van der Waals surface area contributed by atoms with Crippen LogP contribution in [0.3, 0.4) is 0 Å². The van der Waals surface area contributed by atoms with Crippen molar-refractivity contribution in [3.8, 4) is 16.9 Å². The molecule has 27 heavy (non-hydrogen) atoms. The van der Waals surface area contributed by atoms with Crippen LogP contribution in [0.2, 0.25) is 5.02 Å². The Bertz CT molecular complexity index is 1280. The highest BCUT2D eigenvalue weighted by molar-refractivity contribution is 9.10. The summed E-state index contributed by atoms with van der Waals surface area (Å²) >= 11 is 9.49. The largest absolute Gasteiger partial charge is 0.330 e. The first-order chi connectivity index (χ1) is 12.9. The van der Waals surface area contributed by atoms with Crippen LogP contribution >= 0.6 is 27.5 Å². The van der Waals surface area contributed by atoms with Crippen molar-refractivity contribution in [1.82, 2.24) is 13.7 Å². The van der Waals surface area contributed by atoms with Crippen LogP contribution in [0.5, 0.6) is 0 Å². The van der Waals surface area contributed by atoms with Crippen molar-refractivity contribution in [3.63, 3.8) is 0 Å². The second-order valence-electron chi connectivity index (χ2n) is 6.30. The molecule has 0 saturated heterocycles. The van der Waals surface area contributed by atoms with Crippen molar-refractivity contribution in [2.24, 2.45) is 14.1 Å². The summed E-state index contributed by atoms with van der Waals surface area (Å²) in [6.07, 6.45) is 1.82. The molecule has 0 aliphatic rings. The van der Waals surface area contributed by atoms with Gasteiger partial charge in [0.05, 0.1) is 16.6 Å². The molecule has 0 aliphatic carbocycles. The van der Waals surface area contributed by atoms with Crippen LogP contribution in [0.1, 0.15) is 0 Å². The third kappa shape index (κ3) is 2.85. The van der Waals surface area contributed by atoms with Crippen LogP contribution in [-0.2, 0) is 14.1 Å². The first-order valence-corrected chi connectivity index (χ1v) is 9.38. The van der Waals surface area contributed by atoms with E-state index in [0.717, 1.165) is 26.0 Å². The molecule has 0 atom stereocenters. The minimum absolute atomic E-state index is 0.325. The molecule has 0 N–H and O–H groups in total. The lowest BCUT2D eigenvalue weighted by atomic mass is 10.1. The normalized spacial score (nSPS) is 11.3. The Morgan fingerprint density at radius 1 is 0.889 bits per heavy atom. The van der Waals surface area contributed by atoms with Crippen LogP contribution in [-0.4, -0.2) is 13.7 Å². The molecule has 2 heterocycles. The average molecular weight is 445 g/mol. The van der Waals surface area contributed by atoms with Crippen molar-refractivity contribution >= 4 is 38.4 Å². The summed E-state index contributed by atoms with van der Waals surface area (Å²) in [7, 11) is 3.16. The molecule has 0 spiro atoms. The lowest BCUT2D eigenvalue weighted by Gasteiger charge is -2.10. The molecule has 2 aromatic carbocycles. The molecule has 136 valence electrons. The van der Waals surface area contributed by atoms with Gasteiger partial charge in [0.25, 0.3) is 5.56 Å². The molecule has 5 nitrogen and oxygen atoms in total. The summed E-state index contributed by atoms with van der Waals surface area (Å²) in [4.78, 5) is 25.3. The Morgan fingerprint density at radius 3 is 2.15 bits per heavy atom. The fourth-order valence-electron chi connectivity index (χ4n) is 3.24. The van der Waals surface area contributed by atoms with E-state index < -0.39 is 0 Å². The van der Waals surface area contributed by atoms with E-state index in [4.69, 9.17) is 11.6 Å². The Labute approximate surface area is 168 Å². The van der Waals surface area contributed by atoms with Gasteiger partial charge in [-0.2, -0.15) is 0 Å². The zero-order valence-electron chi connectivity index (χ0n) is 14.6. The number of hydrogen-bond acceptors (Lipinski definition) is 2. The second-order valence-corrected chi connectivity index (χ2v) is 7.65. The summed E-state index contributed by atoms with van der Waals surface area (Å²) in [6, 6.07) is 15.1. The van der Waals surface area contributed by atoms with Gasteiger partial charge >= 0.3 is 5.69 Å². The molecule has 0 unspecified atom stereocenters. The van der Waals surface area contributed by atoms with E-state index in [1.54, 1.807) is 19.2 Å². The standard InChI is InChI=1S/C20H15BrClN3O2/c1-23-16-11-25(15-9-5-13(21)6-10-15)18(12-3-7-14(22)8-4-12)17(16)19(26)24(2)20(23)27/h3-11H,1-2H3. The molecule has 0 aliphatic heterocycles. The quantitative estimate of drug-likeness (QED) is 0.467. The number of aryl methyl sites for hydroxylation is 1. The van der Waals surface area contributed by atoms with Gasteiger partial charge in [0.1, 0.15) is 0 Å². The van der Waals surface area contributed by atoms with Crippen LogP contribution in [0, 0.1) is 0 Å². The second kappa shape index (κ2) is 6.55. The highest BCUT2D eigenvalue weighted by Gasteiger charge is 2.20. The predicted molar refractivity (Wildman–Crippen MR) is 112 cm³/mol. The third-order valence-corrected chi connectivity index (χ3v) is 5.44. The number of aromatic nitrogens is 3. The number of halogens is 2. The third-order valence-electron chi connectivity index (χ3n) is 4.66. The minimum atomic E-state index is -0.358. The van der Waals surface area contributed by atoms with Gasteiger partial charge in [-0.05, 0) is 42.0 Å². The Morgan fingerprint density at radius 2 is 1.52 bits per heavy atom. The molecule has 4 aromatic rings. The number of fused-ring (bicyclic) bond motifs is 1. The Hall–Kier alpha value is -2.57. The van der Waals surface area contributed by atoms with Gasteiger partial charge in [-0.15, -0.1) is 0 Å². The van der Waals surface area contributed by atoms with Crippen molar-refractivity contribution in [2.75, 3.05) is 0 Å². The summed E-state index contributed by atoms with van der Waals surface area (Å²) in [5.41, 5.74) is 2.34. The molecule has 2 aromatic heterocycles. The SMILES string of the molecule is Cn1c(=O)c2c(-c3ccc(Cl)cc3)n(-c3ccc(Br)cc3)cc2n(C)c1=O. The number of nitrogens with zero attached hydrogens (tertiary/aromatic N) is 3. The lowest BCUT2D eigenvalue weighted by Crippen LogP contribution is -2.36. The van der Waals surface area contributed by atoms with Crippen LogP contribution < -0.4 is 11.2 Å². The smallest absolute Gasteiger partial charge is 0.314 e. The Balaban J connectivity index is 2.18. The van der Waals surface area contributed by atoms with Gasteiger partial charge in [-0.25, -0.2) is 4.79 Å². The summed E-state index contributed by atoms with van der Waals surface area (Å²) < 4.78 is 5.51. The Kier molecular flexibility index (Phi) is 4.32. The first kappa shape index (κ1) is 17.8. The fourth-order valence-corrected chi connectivity index (χ4v) is 3.63. The summed E-state index contributed by atoms with van der Waals surface area (Å²) in [5, 5.41) is 1.11. The number of rotatable bonds is 2. The molecule has 7 heteroatoms. The van der Waals surface area contributed by atoms with Gasteiger partial charge in [-0.3, -0.25) is 13.9 Å². The molecule has 0 amide bonds. The van der Waals surface area contributed by atoms with E-state index in [1.807, 2.05) is 47.2 Å². The van der Waals surface area contributed by atoms with Crippen LogP contribution in [0.4, 0.5) is 0 Å². The van der Waals surface area contributed by atoms with E-state index in [9.17, 15) is 9.59 Å². The van der Waals surface area contributed by atoms with Crippen molar-refractivity contribution in [3.05, 3.63) is 85.1 Å². The molecule has 0 fully saturated rings. The van der Waals surface area contributed by atoms with E-state index in [2.05, 4.69) is 15.9 Å². The maximum atomic E-state index is 13.0. The van der Waals surface area contributed by atoms with E-state index in [1.165, 1.54) is 11.6 Å². The van der Waals surface area contributed by atoms with Gasteiger partial charge < -0.3 is 4.57 Å². The average Bonchev–Trinajstić information content (AvgIpc) is 3.06. The molecule has 0 bridgehead atoms. The van der Waals surface area contributed by atoms with Gasteiger partial charge in [0, 0.05) is 35.5 Å². The van der Waals surface area contributed by atoms with Gasteiger partial charge in [-0.1, -0.05) is 39.7 Å². The molecule has 0 radical (unpaired) electrons. The molecular weight excluding hydrogens is 430 g/mol. The van der Waals surface area contributed by atoms with Crippen molar-refractivity contribution in [1.29, 1.82) is 0 Å². The highest BCUT2D eigenvalue weighted by atomic mass is 79.9. The molecule has 0 saturated carbocycles. The van der Waals surface area contributed by atoms with E-state index in [-0.39, 0.29) is 11.2 Å². The topological polar surface area (TPSA) is 48.9 Å². The van der Waals surface area contributed by atoms with Crippen molar-refractivity contribution < 1.29 is 0 Å². The number of hydrogen-bond donors (Lipinski definition) is 0. The fraction of sp³-hybridized carbons (Fsp3) is 0.100. The van der Waals surface area contributed by atoms with Gasteiger partial charge in [0.2, 0.25) is 0 Å². The minimum Gasteiger partial charge on any atom is -0.314 e. The van der Waals surface area contributed by atoms with E-state index in [0.29, 0.717) is 15.9 Å². The molecule has 4 rings (SSSR count). The lowest BCUT2D eigenvalue weighted by molar-refractivity contribution is 0.714. The van der Waals surface area contributed by atoms with Crippen LogP contribution in [0.25, 0.3) is 27.8 Å². The zero-order chi connectivity index (χ0) is 19.3. The maximum Gasteiger partial charge on any atom is 0.330 e. The summed E-state index contributed by atoms with van der Waals surface area (Å²) in [5.74, 6) is 0. The van der Waals surface area contributed by atoms with E-state index >= 15 is 0 Å². The maximum absolute atomic E-state index is 13.0. The van der Waals surface area contributed by atoms with Gasteiger partial charge in [0.15, 0.2) is 0 Å². The predicted octanol–water partition coefficient (Wildman–Crippen LogP) is 4.11. The monoisotopic (exact) mass is 443 g/mol. The van der Waals surface area contributed by atoms with Crippen molar-refractivity contribution in [2.45, 2.75) is 0 Å².